The molecule has 0 spiro atoms. The van der Waals surface area contributed by atoms with Crippen molar-refractivity contribution >= 4 is 11.8 Å². The van der Waals surface area contributed by atoms with Crippen LogP contribution in [0.3, 0.4) is 0 Å². The van der Waals surface area contributed by atoms with Crippen molar-refractivity contribution in [2.75, 3.05) is 46.9 Å². The monoisotopic (exact) mass is 382 g/mol. The van der Waals surface area contributed by atoms with E-state index in [1.165, 1.54) is 4.90 Å². The van der Waals surface area contributed by atoms with Crippen LogP contribution in [0.4, 0.5) is 0 Å². The fourth-order valence-corrected chi connectivity index (χ4v) is 3.49. The average Bonchev–Trinajstić information content (AvgIpc) is 2.74. The van der Waals surface area contributed by atoms with E-state index in [2.05, 4.69) is 0 Å². The van der Waals surface area contributed by atoms with Crippen LogP contribution in [-0.2, 0) is 11.3 Å². The van der Waals surface area contributed by atoms with Gasteiger partial charge in [-0.2, -0.15) is 0 Å². The van der Waals surface area contributed by atoms with Crippen molar-refractivity contribution in [3.8, 4) is 5.75 Å². The molecular weight excluding hydrogens is 354 g/mol. The minimum absolute atomic E-state index is 0.0688. The third-order valence-corrected chi connectivity index (χ3v) is 5.21. The number of piperazine rings is 1. The summed E-state index contributed by atoms with van der Waals surface area (Å²) >= 11 is 0. The first-order chi connectivity index (χ1) is 13.6. The summed E-state index contributed by atoms with van der Waals surface area (Å²) in [5.74, 6) is 0.963. The molecule has 2 amide bonds. The van der Waals surface area contributed by atoms with Crippen molar-refractivity contribution in [3.05, 3.63) is 65.7 Å². The van der Waals surface area contributed by atoms with Crippen molar-refractivity contribution in [3.63, 3.8) is 0 Å². The van der Waals surface area contributed by atoms with Gasteiger partial charge in [0.1, 0.15) is 5.75 Å². The molecule has 1 fully saturated rings. The van der Waals surface area contributed by atoms with E-state index in [1.54, 1.807) is 12.0 Å². The van der Waals surface area contributed by atoms with Gasteiger partial charge in [-0.05, 0) is 18.2 Å². The molecule has 0 atom stereocenters. The molecule has 0 unspecified atom stereocenters. The van der Waals surface area contributed by atoms with Crippen LogP contribution in [0.5, 0.6) is 5.75 Å². The number of nitrogens with one attached hydrogen (secondary N) is 1. The Morgan fingerprint density at radius 1 is 1.04 bits per heavy atom. The second-order valence-corrected chi connectivity index (χ2v) is 7.15. The highest BCUT2D eigenvalue weighted by atomic mass is 16.5. The van der Waals surface area contributed by atoms with Crippen molar-refractivity contribution in [2.24, 2.45) is 0 Å². The summed E-state index contributed by atoms with van der Waals surface area (Å²) in [4.78, 5) is 30.0. The highest BCUT2D eigenvalue weighted by Crippen LogP contribution is 2.18. The smallest absolute Gasteiger partial charge is 0.277 e. The lowest BCUT2D eigenvalue weighted by Crippen LogP contribution is -3.15. The van der Waals surface area contributed by atoms with E-state index in [0.717, 1.165) is 30.0 Å². The number of hydrogen-bond donors (Lipinski definition) is 1. The van der Waals surface area contributed by atoms with Crippen molar-refractivity contribution < 1.29 is 19.2 Å². The van der Waals surface area contributed by atoms with Crippen molar-refractivity contribution in [1.82, 2.24) is 9.80 Å². The number of ether oxygens (including phenoxy) is 1. The first-order valence-electron chi connectivity index (χ1n) is 9.62. The highest BCUT2D eigenvalue weighted by molar-refractivity contribution is 5.94. The van der Waals surface area contributed by atoms with Crippen LogP contribution in [0.25, 0.3) is 0 Å². The van der Waals surface area contributed by atoms with Crippen LogP contribution in [0.15, 0.2) is 54.6 Å². The number of amides is 2. The number of para-hydroxylation sites is 1. The molecule has 1 saturated heterocycles. The van der Waals surface area contributed by atoms with E-state index < -0.39 is 0 Å². The van der Waals surface area contributed by atoms with Crippen molar-refractivity contribution in [2.45, 2.75) is 6.54 Å². The van der Waals surface area contributed by atoms with Crippen LogP contribution >= 0.6 is 0 Å². The summed E-state index contributed by atoms with van der Waals surface area (Å²) < 4.78 is 5.37. The number of nitrogens with zero attached hydrogens (tertiary/aromatic N) is 2. The Morgan fingerprint density at radius 2 is 1.68 bits per heavy atom. The Hall–Kier alpha value is -2.86. The molecule has 1 N–H and O–H groups in total. The summed E-state index contributed by atoms with van der Waals surface area (Å²) in [5, 5.41) is 0. The molecule has 0 saturated carbocycles. The SMILES string of the molecule is COc1ccccc1CN(C)C(=O)C[NH+]1CCN(C(=O)c2ccccc2)CC1. The average molecular weight is 382 g/mol. The van der Waals surface area contributed by atoms with E-state index >= 15 is 0 Å². The lowest BCUT2D eigenvalue weighted by molar-refractivity contribution is -0.896. The number of quaternary nitrogens is 1. The van der Waals surface area contributed by atoms with Gasteiger partial charge in [-0.15, -0.1) is 0 Å². The summed E-state index contributed by atoms with van der Waals surface area (Å²) in [6.45, 7) is 3.88. The lowest BCUT2D eigenvalue weighted by Gasteiger charge is -2.32. The van der Waals surface area contributed by atoms with E-state index in [0.29, 0.717) is 26.2 Å². The number of rotatable bonds is 6. The van der Waals surface area contributed by atoms with Crippen LogP contribution < -0.4 is 9.64 Å². The molecule has 3 rings (SSSR count). The van der Waals surface area contributed by atoms with Crippen LogP contribution in [-0.4, -0.2) is 68.5 Å². The number of benzene rings is 2. The molecule has 0 aromatic heterocycles. The predicted octanol–water partition coefficient (Wildman–Crippen LogP) is 0.695. The zero-order valence-electron chi connectivity index (χ0n) is 16.6. The molecule has 2 aromatic rings. The third-order valence-electron chi connectivity index (χ3n) is 5.21. The van der Waals surface area contributed by atoms with E-state index in [9.17, 15) is 9.59 Å². The minimum Gasteiger partial charge on any atom is -0.496 e. The molecule has 6 nitrogen and oxygen atoms in total. The minimum atomic E-state index is 0.0688. The number of methoxy groups -OCH3 is 1. The van der Waals surface area contributed by atoms with Gasteiger partial charge in [0.25, 0.3) is 11.8 Å². The molecule has 0 radical (unpaired) electrons. The maximum atomic E-state index is 12.6. The Labute approximate surface area is 166 Å². The van der Waals surface area contributed by atoms with Gasteiger partial charge in [0.2, 0.25) is 0 Å². The molecular formula is C22H28N3O3+. The van der Waals surface area contributed by atoms with Gasteiger partial charge in [-0.1, -0.05) is 36.4 Å². The number of carbonyl (C=O) groups excluding carboxylic acids is 2. The molecule has 0 bridgehead atoms. The van der Waals surface area contributed by atoms with Crippen LogP contribution in [0.1, 0.15) is 15.9 Å². The fourth-order valence-electron chi connectivity index (χ4n) is 3.49. The first kappa shape index (κ1) is 19.9. The second kappa shape index (κ2) is 9.37. The number of carbonyl (C=O) groups is 2. The zero-order valence-corrected chi connectivity index (χ0v) is 16.6. The summed E-state index contributed by atoms with van der Waals surface area (Å²) in [7, 11) is 3.46. The highest BCUT2D eigenvalue weighted by Gasteiger charge is 2.26. The van der Waals surface area contributed by atoms with Gasteiger partial charge in [0, 0.05) is 24.7 Å². The van der Waals surface area contributed by atoms with E-state index in [-0.39, 0.29) is 11.8 Å². The predicted molar refractivity (Wildman–Crippen MR) is 107 cm³/mol. The van der Waals surface area contributed by atoms with Gasteiger partial charge >= 0.3 is 0 Å². The van der Waals surface area contributed by atoms with Gasteiger partial charge in [0.15, 0.2) is 6.54 Å². The van der Waals surface area contributed by atoms with Gasteiger partial charge in [0.05, 0.1) is 33.3 Å². The number of hydrogen-bond acceptors (Lipinski definition) is 3. The van der Waals surface area contributed by atoms with E-state index in [4.69, 9.17) is 4.74 Å². The van der Waals surface area contributed by atoms with Gasteiger partial charge < -0.3 is 19.4 Å². The quantitative estimate of drug-likeness (QED) is 0.800. The molecule has 1 heterocycles. The standard InChI is InChI=1S/C22H27N3O3/c1-23(16-19-10-6-7-11-20(19)28-2)21(26)17-24-12-14-25(15-13-24)22(27)18-8-4-3-5-9-18/h3-11H,12-17H2,1-2H3/p+1. The first-order valence-corrected chi connectivity index (χ1v) is 9.62. The molecule has 2 aromatic carbocycles. The Balaban J connectivity index is 1.49. The summed E-state index contributed by atoms with van der Waals surface area (Å²) in [6, 6.07) is 17.1. The molecule has 6 heteroatoms. The van der Waals surface area contributed by atoms with Crippen LogP contribution in [0.2, 0.25) is 0 Å². The molecule has 0 aliphatic carbocycles. The Bertz CT molecular complexity index is 802. The number of likely N-dealkylation sites (N-methyl/N-ethyl adjacent to an activating group) is 1. The zero-order chi connectivity index (χ0) is 19.9. The van der Waals surface area contributed by atoms with E-state index in [1.807, 2.05) is 66.5 Å². The largest absolute Gasteiger partial charge is 0.496 e. The van der Waals surface area contributed by atoms with Gasteiger partial charge in [-0.3, -0.25) is 9.59 Å². The maximum Gasteiger partial charge on any atom is 0.277 e. The second-order valence-electron chi connectivity index (χ2n) is 7.15. The normalized spacial score (nSPS) is 14.6. The Morgan fingerprint density at radius 3 is 2.36 bits per heavy atom. The topological polar surface area (TPSA) is 54.3 Å². The molecule has 1 aliphatic rings. The third kappa shape index (κ3) is 4.89. The maximum absolute atomic E-state index is 12.6. The summed E-state index contributed by atoms with van der Waals surface area (Å²) in [6.07, 6.45) is 0. The van der Waals surface area contributed by atoms with Crippen LogP contribution in [0, 0.1) is 0 Å². The fraction of sp³-hybridized carbons (Fsp3) is 0.364. The lowest BCUT2D eigenvalue weighted by atomic mass is 10.2. The van der Waals surface area contributed by atoms with Gasteiger partial charge in [-0.25, -0.2) is 0 Å². The van der Waals surface area contributed by atoms with Crippen molar-refractivity contribution in [1.29, 1.82) is 0 Å². The molecule has 148 valence electrons. The Kier molecular flexibility index (Phi) is 6.66. The molecule has 1 aliphatic heterocycles. The summed E-state index contributed by atoms with van der Waals surface area (Å²) in [5.41, 5.74) is 1.72. The molecule has 28 heavy (non-hydrogen) atoms.